The number of hydrogen-bond donors (Lipinski definition) is 1. The summed E-state index contributed by atoms with van der Waals surface area (Å²) >= 11 is 2.54. The van der Waals surface area contributed by atoms with Crippen molar-refractivity contribution in [3.05, 3.63) is 82.0 Å². The highest BCUT2D eigenvalue weighted by Gasteiger charge is 2.46. The van der Waals surface area contributed by atoms with E-state index >= 15 is 0 Å². The predicted octanol–water partition coefficient (Wildman–Crippen LogP) is 4.54. The van der Waals surface area contributed by atoms with Gasteiger partial charge in [0, 0.05) is 12.4 Å². The van der Waals surface area contributed by atoms with Crippen molar-refractivity contribution in [2.45, 2.75) is 6.04 Å². The number of aliphatic hydroxyl groups excluding tert-OH is 1. The number of Topliss-reactive ketones (excluding diaryl/α,β-unsaturated/α-hetero) is 1. The quantitative estimate of drug-likeness (QED) is 0.450. The van der Waals surface area contributed by atoms with E-state index in [1.807, 2.05) is 6.07 Å². The number of ether oxygens (including phenoxy) is 1. The van der Waals surface area contributed by atoms with E-state index in [0.717, 1.165) is 4.70 Å². The van der Waals surface area contributed by atoms with Crippen LogP contribution in [0.1, 0.15) is 21.3 Å². The van der Waals surface area contributed by atoms with Crippen LogP contribution in [0.5, 0.6) is 5.75 Å². The molecule has 0 spiro atoms. The van der Waals surface area contributed by atoms with E-state index in [9.17, 15) is 14.7 Å². The van der Waals surface area contributed by atoms with E-state index in [0.29, 0.717) is 26.8 Å². The average Bonchev–Trinajstić information content (AvgIpc) is 3.52. The van der Waals surface area contributed by atoms with Crippen molar-refractivity contribution < 1.29 is 19.4 Å². The average molecular weight is 450 g/mol. The lowest BCUT2D eigenvalue weighted by Crippen LogP contribution is -2.31. The number of amides is 1. The second kappa shape index (κ2) is 7.60. The van der Waals surface area contributed by atoms with Crippen LogP contribution < -0.4 is 9.64 Å². The molecule has 0 saturated carbocycles. The van der Waals surface area contributed by atoms with E-state index in [1.54, 1.807) is 61.3 Å². The third kappa shape index (κ3) is 3.18. The minimum Gasteiger partial charge on any atom is -0.503 e. The van der Waals surface area contributed by atoms with Gasteiger partial charge in [-0.1, -0.05) is 23.5 Å². The minimum atomic E-state index is -0.835. The third-order valence-corrected chi connectivity index (χ3v) is 6.87. The fourth-order valence-electron chi connectivity index (χ4n) is 3.55. The predicted molar refractivity (Wildman–Crippen MR) is 119 cm³/mol. The molecule has 1 aromatic carbocycles. The first-order valence-corrected chi connectivity index (χ1v) is 11.0. The topological polar surface area (TPSA) is 92.6 Å². The summed E-state index contributed by atoms with van der Waals surface area (Å²) < 4.78 is 6.10. The first kappa shape index (κ1) is 19.4. The Morgan fingerprint density at radius 3 is 2.81 bits per heavy atom. The van der Waals surface area contributed by atoms with Crippen LogP contribution >= 0.6 is 22.7 Å². The van der Waals surface area contributed by atoms with Crippen LogP contribution in [-0.2, 0) is 4.79 Å². The Morgan fingerprint density at radius 2 is 2.10 bits per heavy atom. The van der Waals surface area contributed by atoms with Crippen molar-refractivity contribution in [3.63, 3.8) is 0 Å². The van der Waals surface area contributed by atoms with Crippen LogP contribution in [0.15, 0.2) is 71.6 Å². The van der Waals surface area contributed by atoms with Crippen LogP contribution in [0.25, 0.3) is 10.2 Å². The number of hydrogen-bond acceptors (Lipinski definition) is 8. The number of anilines is 1. The second-order valence-electron chi connectivity index (χ2n) is 6.76. The largest absolute Gasteiger partial charge is 0.503 e. The number of methoxy groups -OCH3 is 1. The van der Waals surface area contributed by atoms with E-state index in [2.05, 4.69) is 9.97 Å². The number of aliphatic hydroxyl groups is 1. The smallest absolute Gasteiger partial charge is 0.296 e. The molecule has 5 rings (SSSR count). The number of rotatable bonds is 5. The van der Waals surface area contributed by atoms with Crippen LogP contribution in [0, 0.1) is 0 Å². The van der Waals surface area contributed by atoms with E-state index in [-0.39, 0.29) is 11.4 Å². The number of benzene rings is 1. The maximum atomic E-state index is 13.2. The van der Waals surface area contributed by atoms with E-state index < -0.39 is 17.7 Å². The molecule has 9 heteroatoms. The lowest BCUT2D eigenvalue weighted by atomic mass is 9.97. The van der Waals surface area contributed by atoms with Crippen LogP contribution in [0.3, 0.4) is 0 Å². The molecule has 0 radical (unpaired) electrons. The van der Waals surface area contributed by atoms with Crippen molar-refractivity contribution in [2.75, 3.05) is 12.0 Å². The van der Waals surface area contributed by atoms with Gasteiger partial charge in [0.05, 0.1) is 33.8 Å². The molecule has 154 valence electrons. The lowest BCUT2D eigenvalue weighted by Gasteiger charge is -2.23. The first-order valence-electron chi connectivity index (χ1n) is 9.28. The Kier molecular flexibility index (Phi) is 4.76. The number of nitrogens with zero attached hydrogens (tertiary/aromatic N) is 3. The van der Waals surface area contributed by atoms with Crippen molar-refractivity contribution >= 4 is 49.7 Å². The molecule has 0 aliphatic carbocycles. The Morgan fingerprint density at radius 1 is 1.23 bits per heavy atom. The third-order valence-electron chi connectivity index (χ3n) is 4.99. The molecule has 1 unspecified atom stereocenters. The molecule has 0 bridgehead atoms. The van der Waals surface area contributed by atoms with Gasteiger partial charge >= 0.3 is 0 Å². The van der Waals surface area contributed by atoms with E-state index in [1.165, 1.54) is 27.6 Å². The fourth-order valence-corrected chi connectivity index (χ4v) is 5.25. The summed E-state index contributed by atoms with van der Waals surface area (Å²) in [6.07, 6.45) is 3.19. The van der Waals surface area contributed by atoms with Gasteiger partial charge in [0.15, 0.2) is 10.9 Å². The van der Waals surface area contributed by atoms with Gasteiger partial charge in [-0.15, -0.1) is 11.3 Å². The monoisotopic (exact) mass is 449 g/mol. The summed E-state index contributed by atoms with van der Waals surface area (Å²) in [5, 5.41) is 12.9. The number of fused-ring (bicyclic) bond motifs is 1. The Hall–Kier alpha value is -3.56. The molecule has 0 saturated heterocycles. The molecular formula is C22H15N3O4S2. The summed E-state index contributed by atoms with van der Waals surface area (Å²) in [4.78, 5) is 36.9. The number of thiophene rings is 1. The highest BCUT2D eigenvalue weighted by Crippen LogP contribution is 2.44. The number of ketones is 1. The molecule has 4 heterocycles. The van der Waals surface area contributed by atoms with Crippen molar-refractivity contribution in [3.8, 4) is 5.75 Å². The molecule has 1 amide bonds. The normalized spacial score (nSPS) is 16.4. The zero-order chi connectivity index (χ0) is 21.5. The zero-order valence-electron chi connectivity index (χ0n) is 16.2. The SMILES string of the molecule is COc1ccc2nc(N3C(=O)C(O)=C(C(=O)c4cccs4)C3c3cccnc3)sc2c1. The van der Waals surface area contributed by atoms with Gasteiger partial charge in [0.25, 0.3) is 5.91 Å². The van der Waals surface area contributed by atoms with Crippen LogP contribution in [-0.4, -0.2) is 33.9 Å². The maximum absolute atomic E-state index is 13.2. The molecule has 1 N–H and O–H groups in total. The van der Waals surface area contributed by atoms with E-state index in [4.69, 9.17) is 4.74 Å². The summed E-state index contributed by atoms with van der Waals surface area (Å²) in [7, 11) is 1.58. The number of carbonyl (C=O) groups excluding carboxylic acids is 2. The first-order chi connectivity index (χ1) is 15.1. The Labute approximate surface area is 184 Å². The van der Waals surface area contributed by atoms with Gasteiger partial charge in [0.1, 0.15) is 5.75 Å². The summed E-state index contributed by atoms with van der Waals surface area (Å²) in [6.45, 7) is 0. The number of pyridine rings is 1. The fraction of sp³-hybridized carbons (Fsp3) is 0.0909. The van der Waals surface area contributed by atoms with Crippen LogP contribution in [0.4, 0.5) is 5.13 Å². The number of carbonyl (C=O) groups is 2. The molecule has 1 atom stereocenters. The summed E-state index contributed by atoms with van der Waals surface area (Å²) in [5.74, 6) is -0.947. The van der Waals surface area contributed by atoms with Gasteiger partial charge < -0.3 is 9.84 Å². The van der Waals surface area contributed by atoms with Crippen LogP contribution in [0.2, 0.25) is 0 Å². The molecule has 3 aromatic heterocycles. The summed E-state index contributed by atoms with van der Waals surface area (Å²) in [5.41, 5.74) is 1.32. The molecule has 31 heavy (non-hydrogen) atoms. The highest BCUT2D eigenvalue weighted by atomic mass is 32.1. The van der Waals surface area contributed by atoms with Gasteiger partial charge in [-0.05, 0) is 41.3 Å². The molecule has 4 aromatic rings. The molecule has 1 aliphatic heterocycles. The van der Waals surface area contributed by atoms with Gasteiger partial charge in [-0.3, -0.25) is 19.5 Å². The van der Waals surface area contributed by atoms with Crippen molar-refractivity contribution in [2.24, 2.45) is 0 Å². The van der Waals surface area contributed by atoms with Crippen molar-refractivity contribution in [1.29, 1.82) is 0 Å². The summed E-state index contributed by atoms with van der Waals surface area (Å²) in [6, 6.07) is 11.5. The zero-order valence-corrected chi connectivity index (χ0v) is 17.8. The maximum Gasteiger partial charge on any atom is 0.296 e. The Balaban J connectivity index is 1.66. The van der Waals surface area contributed by atoms with Gasteiger partial charge in [0.2, 0.25) is 5.78 Å². The molecule has 0 fully saturated rings. The molecule has 1 aliphatic rings. The minimum absolute atomic E-state index is 0.0253. The van der Waals surface area contributed by atoms with Gasteiger partial charge in [-0.2, -0.15) is 0 Å². The standard InChI is InChI=1S/C22H15N3O4S2/c1-29-13-6-7-14-16(10-13)31-22(24-14)25-18(12-4-2-8-23-11-12)17(20(27)21(25)28)19(26)15-5-3-9-30-15/h2-11,18,27H,1H3. The highest BCUT2D eigenvalue weighted by molar-refractivity contribution is 7.22. The second-order valence-corrected chi connectivity index (χ2v) is 8.72. The molecular weight excluding hydrogens is 434 g/mol. The molecule has 7 nitrogen and oxygen atoms in total. The van der Waals surface area contributed by atoms with Crippen molar-refractivity contribution in [1.82, 2.24) is 9.97 Å². The number of aromatic nitrogens is 2. The lowest BCUT2D eigenvalue weighted by molar-refractivity contribution is -0.117. The Bertz CT molecular complexity index is 1330. The number of thiazole rings is 1. The van der Waals surface area contributed by atoms with Gasteiger partial charge in [-0.25, -0.2) is 4.98 Å².